The van der Waals surface area contributed by atoms with Crippen LogP contribution in [0, 0.1) is 0 Å². The van der Waals surface area contributed by atoms with Gasteiger partial charge in [0.15, 0.2) is 0 Å². The van der Waals surface area contributed by atoms with Gasteiger partial charge in [-0.1, -0.05) is 48.5 Å². The molecule has 0 saturated carbocycles. The molecule has 2 N–H and O–H groups in total. The average Bonchev–Trinajstić information content (AvgIpc) is 2.91. The number of piperazine rings is 1. The number of aliphatic hydroxyl groups excluding tert-OH is 1. The van der Waals surface area contributed by atoms with E-state index in [1.165, 1.54) is 11.1 Å². The number of nitrogens with zero attached hydrogens (tertiary/aromatic N) is 1. The van der Waals surface area contributed by atoms with E-state index in [2.05, 4.69) is 72.6 Å². The number of hydrogen-bond donors (Lipinski definition) is 2. The molecular formula is C31H38N2O4. The molecule has 6 nitrogen and oxygen atoms in total. The zero-order chi connectivity index (χ0) is 25.8. The van der Waals surface area contributed by atoms with Crippen molar-refractivity contribution >= 4 is 0 Å². The number of nitrogens with one attached hydrogen (secondary N) is 1. The zero-order valence-electron chi connectivity index (χ0n) is 22.0. The Labute approximate surface area is 220 Å². The average molecular weight is 503 g/mol. The molecule has 0 unspecified atom stereocenters. The molecule has 0 radical (unpaired) electrons. The molecule has 196 valence electrons. The predicted molar refractivity (Wildman–Crippen MR) is 146 cm³/mol. The van der Waals surface area contributed by atoms with E-state index < -0.39 is 11.7 Å². The van der Waals surface area contributed by atoms with E-state index in [9.17, 15) is 5.11 Å². The van der Waals surface area contributed by atoms with Crippen LogP contribution in [0.5, 0.6) is 17.2 Å². The lowest BCUT2D eigenvalue weighted by Gasteiger charge is -2.45. The van der Waals surface area contributed by atoms with Crippen molar-refractivity contribution in [2.45, 2.75) is 37.4 Å². The van der Waals surface area contributed by atoms with E-state index in [4.69, 9.17) is 14.2 Å². The summed E-state index contributed by atoms with van der Waals surface area (Å²) in [5.41, 5.74) is 3.16. The topological polar surface area (TPSA) is 63.2 Å². The van der Waals surface area contributed by atoms with Crippen LogP contribution in [-0.2, 0) is 0 Å². The van der Waals surface area contributed by atoms with Crippen molar-refractivity contribution < 1.29 is 19.3 Å². The maximum absolute atomic E-state index is 10.5. The summed E-state index contributed by atoms with van der Waals surface area (Å²) in [5, 5.41) is 13.8. The van der Waals surface area contributed by atoms with E-state index in [1.807, 2.05) is 24.3 Å². The van der Waals surface area contributed by atoms with Gasteiger partial charge < -0.3 is 24.6 Å². The lowest BCUT2D eigenvalue weighted by molar-refractivity contribution is 0.0527. The minimum absolute atomic E-state index is 0.0967. The van der Waals surface area contributed by atoms with Gasteiger partial charge in [-0.25, -0.2) is 0 Å². The highest BCUT2D eigenvalue weighted by Gasteiger charge is 2.45. The molecule has 0 aromatic heterocycles. The monoisotopic (exact) mass is 502 g/mol. The van der Waals surface area contributed by atoms with Gasteiger partial charge in [0.05, 0.1) is 7.11 Å². The van der Waals surface area contributed by atoms with Gasteiger partial charge in [0.2, 0.25) is 0 Å². The summed E-state index contributed by atoms with van der Waals surface area (Å²) < 4.78 is 18.0. The van der Waals surface area contributed by atoms with Gasteiger partial charge in [-0.05, 0) is 43.2 Å². The number of ether oxygens (including phenoxy) is 3. The molecule has 3 aromatic rings. The first-order chi connectivity index (χ1) is 17.9. The molecule has 2 aliphatic rings. The van der Waals surface area contributed by atoms with Crippen LogP contribution < -0.4 is 19.5 Å². The molecule has 3 atom stereocenters. The number of fused-ring (bicyclic) bond motifs is 1. The summed E-state index contributed by atoms with van der Waals surface area (Å²) in [4.78, 5) is 2.27. The Kier molecular flexibility index (Phi) is 7.70. The van der Waals surface area contributed by atoms with Crippen LogP contribution in [0.1, 0.15) is 42.4 Å². The molecule has 3 aromatic carbocycles. The molecule has 0 amide bonds. The molecular weight excluding hydrogens is 464 g/mol. The number of benzene rings is 3. The molecule has 0 bridgehead atoms. The second-order valence-electron chi connectivity index (χ2n) is 10.6. The zero-order valence-corrected chi connectivity index (χ0v) is 22.0. The lowest BCUT2D eigenvalue weighted by atomic mass is 9.68. The van der Waals surface area contributed by atoms with E-state index in [1.54, 1.807) is 7.11 Å². The van der Waals surface area contributed by atoms with E-state index in [0.29, 0.717) is 6.54 Å². The van der Waals surface area contributed by atoms with Crippen LogP contribution in [0.25, 0.3) is 0 Å². The number of aliphatic hydroxyl groups is 1. The standard InChI is InChI=1S/C31H38N2O4/c1-31(2)30(23-7-5-4-6-8-23)29(27-14-13-26(35-3)19-28(27)37-31)22-9-11-25(12-10-22)36-21-24(34)20-33-17-15-32-16-18-33/h4-14,19,24,29-30,32,34H,15-18,20-21H2,1-3H3/t24-,29-,30+/m1/s1. The molecule has 2 heterocycles. The summed E-state index contributed by atoms with van der Waals surface area (Å²) in [7, 11) is 1.68. The van der Waals surface area contributed by atoms with Gasteiger partial charge in [0.25, 0.3) is 0 Å². The molecule has 0 spiro atoms. The Morgan fingerprint density at radius 3 is 2.38 bits per heavy atom. The van der Waals surface area contributed by atoms with Crippen molar-refractivity contribution in [2.24, 2.45) is 0 Å². The highest BCUT2D eigenvalue weighted by atomic mass is 16.5. The van der Waals surface area contributed by atoms with Gasteiger partial charge >= 0.3 is 0 Å². The van der Waals surface area contributed by atoms with E-state index in [0.717, 1.165) is 49.0 Å². The third-order valence-corrected chi connectivity index (χ3v) is 7.53. The number of β-amino-alcohol motifs (C(OH)–C–C–N with tert-alkyl or cyclic N) is 1. The normalized spacial score (nSPS) is 21.9. The fraction of sp³-hybridized carbons (Fsp3) is 0.419. The summed E-state index contributed by atoms with van der Waals surface area (Å²) in [5.74, 6) is 2.62. The van der Waals surface area contributed by atoms with Gasteiger partial charge in [0, 0.05) is 56.2 Å². The smallest absolute Gasteiger partial charge is 0.127 e. The predicted octanol–water partition coefficient (Wildman–Crippen LogP) is 4.43. The number of rotatable bonds is 8. The quantitative estimate of drug-likeness (QED) is 0.475. The van der Waals surface area contributed by atoms with Crippen molar-refractivity contribution in [1.29, 1.82) is 0 Å². The third-order valence-electron chi connectivity index (χ3n) is 7.53. The van der Waals surface area contributed by atoms with Crippen LogP contribution in [-0.4, -0.2) is 68.2 Å². The van der Waals surface area contributed by atoms with Crippen molar-refractivity contribution in [3.63, 3.8) is 0 Å². The van der Waals surface area contributed by atoms with Gasteiger partial charge in [-0.15, -0.1) is 0 Å². The number of hydrogen-bond acceptors (Lipinski definition) is 6. The van der Waals surface area contributed by atoms with E-state index >= 15 is 0 Å². The van der Waals surface area contributed by atoms with Crippen molar-refractivity contribution in [2.75, 3.05) is 46.4 Å². The summed E-state index contributed by atoms with van der Waals surface area (Å²) in [6, 6.07) is 25.1. The SMILES string of the molecule is COc1ccc2c(c1)OC(C)(C)[C@@H](c1ccccc1)[C@@H]2c1ccc(OC[C@H](O)CN2CCNCC2)cc1. The molecule has 6 heteroatoms. The van der Waals surface area contributed by atoms with Crippen LogP contribution in [0.3, 0.4) is 0 Å². The minimum Gasteiger partial charge on any atom is -0.497 e. The van der Waals surface area contributed by atoms with E-state index in [-0.39, 0.29) is 18.4 Å². The molecule has 0 aliphatic carbocycles. The Balaban J connectivity index is 1.39. The second-order valence-corrected chi connectivity index (χ2v) is 10.6. The molecule has 37 heavy (non-hydrogen) atoms. The Morgan fingerprint density at radius 1 is 0.973 bits per heavy atom. The first-order valence-corrected chi connectivity index (χ1v) is 13.2. The van der Waals surface area contributed by atoms with Gasteiger partial charge in [-0.3, -0.25) is 4.90 Å². The number of methoxy groups -OCH3 is 1. The minimum atomic E-state index is -0.515. The molecule has 1 saturated heterocycles. The van der Waals surface area contributed by atoms with Crippen LogP contribution in [0.15, 0.2) is 72.8 Å². The fourth-order valence-corrected chi connectivity index (χ4v) is 5.75. The molecule has 5 rings (SSSR count). The van der Waals surface area contributed by atoms with Gasteiger partial charge in [-0.2, -0.15) is 0 Å². The largest absolute Gasteiger partial charge is 0.497 e. The van der Waals surface area contributed by atoms with Crippen LogP contribution >= 0.6 is 0 Å². The maximum atomic E-state index is 10.5. The lowest BCUT2D eigenvalue weighted by Crippen LogP contribution is -2.47. The van der Waals surface area contributed by atoms with Crippen LogP contribution in [0.2, 0.25) is 0 Å². The van der Waals surface area contributed by atoms with Crippen molar-refractivity contribution in [1.82, 2.24) is 10.2 Å². The van der Waals surface area contributed by atoms with Crippen LogP contribution in [0.4, 0.5) is 0 Å². The maximum Gasteiger partial charge on any atom is 0.127 e. The first-order valence-electron chi connectivity index (χ1n) is 13.2. The first kappa shape index (κ1) is 25.6. The Morgan fingerprint density at radius 2 is 1.68 bits per heavy atom. The van der Waals surface area contributed by atoms with Crippen molar-refractivity contribution in [3.8, 4) is 17.2 Å². The Hall–Kier alpha value is -3.06. The summed E-state index contributed by atoms with van der Waals surface area (Å²) in [6.45, 7) is 9.11. The molecule has 2 aliphatic heterocycles. The summed E-state index contributed by atoms with van der Waals surface area (Å²) in [6.07, 6.45) is -0.515. The second kappa shape index (κ2) is 11.1. The summed E-state index contributed by atoms with van der Waals surface area (Å²) >= 11 is 0. The van der Waals surface area contributed by atoms with Gasteiger partial charge in [0.1, 0.15) is 35.6 Å². The Bertz CT molecular complexity index is 1160. The van der Waals surface area contributed by atoms with Crippen molar-refractivity contribution in [3.05, 3.63) is 89.5 Å². The highest BCUT2D eigenvalue weighted by Crippen LogP contribution is 2.53. The highest BCUT2D eigenvalue weighted by molar-refractivity contribution is 5.52. The fourth-order valence-electron chi connectivity index (χ4n) is 5.75. The third kappa shape index (κ3) is 5.77. The molecule has 1 fully saturated rings.